The summed E-state index contributed by atoms with van der Waals surface area (Å²) in [5, 5.41) is 2.91. The summed E-state index contributed by atoms with van der Waals surface area (Å²) in [4.78, 5) is 26.0. The van der Waals surface area contributed by atoms with Gasteiger partial charge in [-0.1, -0.05) is 0 Å². The number of rotatable bonds is 3. The minimum absolute atomic E-state index is 0.176. The Morgan fingerprint density at radius 3 is 2.67 bits per heavy atom. The van der Waals surface area contributed by atoms with Crippen molar-refractivity contribution in [1.29, 1.82) is 0 Å². The van der Waals surface area contributed by atoms with Gasteiger partial charge in [-0.05, 0) is 49.6 Å². The van der Waals surface area contributed by atoms with E-state index < -0.39 is 0 Å². The molecule has 1 fully saturated rings. The van der Waals surface area contributed by atoms with Crippen LogP contribution in [0.5, 0.6) is 0 Å². The lowest BCUT2D eigenvalue weighted by atomic mass is 10.1. The summed E-state index contributed by atoms with van der Waals surface area (Å²) in [6, 6.07) is 9.79. The molecule has 0 saturated carbocycles. The van der Waals surface area contributed by atoms with E-state index in [4.69, 9.17) is 0 Å². The summed E-state index contributed by atoms with van der Waals surface area (Å²) in [5.74, 6) is -0.176. The average Bonchev–Trinajstić information content (AvgIpc) is 3.11. The normalized spacial score (nSPS) is 14.8. The molecule has 6 nitrogen and oxygen atoms in total. The lowest BCUT2D eigenvalue weighted by Gasteiger charge is -2.28. The van der Waals surface area contributed by atoms with Crippen LogP contribution in [0.2, 0.25) is 0 Å². The number of carbonyl (C=O) groups excluding carboxylic acids is 1. The van der Waals surface area contributed by atoms with Gasteiger partial charge >= 0.3 is 0 Å². The highest BCUT2D eigenvalue weighted by Gasteiger charge is 2.12. The van der Waals surface area contributed by atoms with Gasteiger partial charge in [-0.15, -0.1) is 0 Å². The number of pyridine rings is 1. The van der Waals surface area contributed by atoms with Gasteiger partial charge in [0.05, 0.1) is 17.4 Å². The molecule has 4 rings (SSSR count). The standard InChI is InChI=1S/C18H19N5O/c24-18(13-10-16-17(19-11-13)21-12-20-16)22-14-4-6-15(7-5-14)23-8-2-1-3-9-23/h4-7,10-12H,1-3,8-9H2,(H,22,24)(H,19,20,21). The maximum absolute atomic E-state index is 12.4. The van der Waals surface area contributed by atoms with Crippen LogP contribution in [0.1, 0.15) is 29.6 Å². The molecule has 0 radical (unpaired) electrons. The van der Waals surface area contributed by atoms with Gasteiger partial charge in [0.1, 0.15) is 0 Å². The summed E-state index contributed by atoms with van der Waals surface area (Å²) in [6.07, 6.45) is 6.93. The number of aromatic amines is 1. The number of hydrogen-bond donors (Lipinski definition) is 2. The van der Waals surface area contributed by atoms with Crippen molar-refractivity contribution in [2.75, 3.05) is 23.3 Å². The molecule has 1 aliphatic rings. The third-order valence-electron chi connectivity index (χ3n) is 4.38. The van der Waals surface area contributed by atoms with Crippen LogP contribution < -0.4 is 10.2 Å². The van der Waals surface area contributed by atoms with E-state index in [1.807, 2.05) is 12.1 Å². The van der Waals surface area contributed by atoms with E-state index in [0.717, 1.165) is 24.3 Å². The lowest BCUT2D eigenvalue weighted by Crippen LogP contribution is -2.29. The largest absolute Gasteiger partial charge is 0.372 e. The Balaban J connectivity index is 1.46. The van der Waals surface area contributed by atoms with Gasteiger partial charge < -0.3 is 15.2 Å². The molecule has 1 aromatic carbocycles. The minimum Gasteiger partial charge on any atom is -0.372 e. The van der Waals surface area contributed by atoms with Crippen LogP contribution in [0.3, 0.4) is 0 Å². The number of amides is 1. The first-order chi connectivity index (χ1) is 11.8. The quantitative estimate of drug-likeness (QED) is 0.777. The van der Waals surface area contributed by atoms with Crippen LogP contribution in [0.4, 0.5) is 11.4 Å². The SMILES string of the molecule is O=C(Nc1ccc(N2CCCCC2)cc1)c1cnc2nc[nH]c2c1. The fourth-order valence-electron chi connectivity index (χ4n) is 3.06. The second kappa shape index (κ2) is 6.31. The fraction of sp³-hybridized carbons (Fsp3) is 0.278. The van der Waals surface area contributed by atoms with Crippen LogP contribution >= 0.6 is 0 Å². The van der Waals surface area contributed by atoms with Crippen LogP contribution in [0, 0.1) is 0 Å². The maximum atomic E-state index is 12.4. The molecule has 6 heteroatoms. The minimum atomic E-state index is -0.176. The smallest absolute Gasteiger partial charge is 0.257 e. The first kappa shape index (κ1) is 14.7. The number of hydrogen-bond acceptors (Lipinski definition) is 4. The van der Waals surface area contributed by atoms with Crippen molar-refractivity contribution in [1.82, 2.24) is 15.0 Å². The Morgan fingerprint density at radius 2 is 1.88 bits per heavy atom. The molecule has 1 saturated heterocycles. The zero-order valence-corrected chi connectivity index (χ0v) is 13.3. The van der Waals surface area contributed by atoms with E-state index in [2.05, 4.69) is 37.3 Å². The van der Waals surface area contributed by atoms with Gasteiger partial charge in [-0.3, -0.25) is 4.79 Å². The molecule has 2 N–H and O–H groups in total. The summed E-state index contributed by atoms with van der Waals surface area (Å²) in [5.41, 5.74) is 3.87. The molecular weight excluding hydrogens is 302 g/mol. The summed E-state index contributed by atoms with van der Waals surface area (Å²) in [7, 11) is 0. The van der Waals surface area contributed by atoms with E-state index in [1.54, 1.807) is 18.6 Å². The molecule has 3 aromatic rings. The molecular formula is C18H19N5O. The van der Waals surface area contributed by atoms with Crippen molar-refractivity contribution < 1.29 is 4.79 Å². The Hall–Kier alpha value is -2.89. The topological polar surface area (TPSA) is 73.9 Å². The number of nitrogens with zero attached hydrogens (tertiary/aromatic N) is 3. The summed E-state index contributed by atoms with van der Waals surface area (Å²) >= 11 is 0. The molecule has 2 aromatic heterocycles. The number of piperidine rings is 1. The van der Waals surface area contributed by atoms with Crippen LogP contribution in [0.25, 0.3) is 11.2 Å². The molecule has 24 heavy (non-hydrogen) atoms. The molecule has 0 unspecified atom stereocenters. The van der Waals surface area contributed by atoms with Gasteiger partial charge in [-0.2, -0.15) is 0 Å². The third-order valence-corrected chi connectivity index (χ3v) is 4.38. The van der Waals surface area contributed by atoms with E-state index in [1.165, 1.54) is 24.9 Å². The first-order valence-corrected chi connectivity index (χ1v) is 8.25. The second-order valence-corrected chi connectivity index (χ2v) is 6.05. The number of nitrogens with one attached hydrogen (secondary N) is 2. The van der Waals surface area contributed by atoms with E-state index in [-0.39, 0.29) is 5.91 Å². The molecule has 1 amide bonds. The summed E-state index contributed by atoms with van der Waals surface area (Å²) in [6.45, 7) is 2.23. The maximum Gasteiger partial charge on any atom is 0.257 e. The highest BCUT2D eigenvalue weighted by atomic mass is 16.1. The highest BCUT2D eigenvalue weighted by molar-refractivity contribution is 6.05. The Bertz CT molecular complexity index is 849. The Labute approximate surface area is 139 Å². The van der Waals surface area contributed by atoms with Crippen molar-refractivity contribution >= 4 is 28.4 Å². The molecule has 0 bridgehead atoms. The monoisotopic (exact) mass is 321 g/mol. The van der Waals surface area contributed by atoms with Gasteiger partial charge in [-0.25, -0.2) is 9.97 Å². The number of carbonyl (C=O) groups is 1. The van der Waals surface area contributed by atoms with Crippen LogP contribution in [-0.4, -0.2) is 33.9 Å². The summed E-state index contributed by atoms with van der Waals surface area (Å²) < 4.78 is 0. The van der Waals surface area contributed by atoms with Gasteiger partial charge in [0.15, 0.2) is 5.65 Å². The third kappa shape index (κ3) is 2.95. The van der Waals surface area contributed by atoms with E-state index in [9.17, 15) is 4.79 Å². The van der Waals surface area contributed by atoms with Crippen LogP contribution in [-0.2, 0) is 0 Å². The Morgan fingerprint density at radius 1 is 1.08 bits per heavy atom. The molecule has 122 valence electrons. The van der Waals surface area contributed by atoms with Crippen molar-refractivity contribution in [2.24, 2.45) is 0 Å². The molecule has 0 atom stereocenters. The van der Waals surface area contributed by atoms with E-state index in [0.29, 0.717) is 11.2 Å². The average molecular weight is 321 g/mol. The molecule has 1 aliphatic heterocycles. The predicted octanol–water partition coefficient (Wildman–Crippen LogP) is 3.20. The molecule has 0 aliphatic carbocycles. The molecule has 0 spiro atoms. The number of imidazole rings is 1. The zero-order chi connectivity index (χ0) is 16.4. The lowest BCUT2D eigenvalue weighted by molar-refractivity contribution is 0.102. The van der Waals surface area contributed by atoms with Gasteiger partial charge in [0.25, 0.3) is 5.91 Å². The van der Waals surface area contributed by atoms with Gasteiger partial charge in [0, 0.05) is 30.7 Å². The van der Waals surface area contributed by atoms with Gasteiger partial charge in [0.2, 0.25) is 0 Å². The highest BCUT2D eigenvalue weighted by Crippen LogP contribution is 2.22. The van der Waals surface area contributed by atoms with E-state index >= 15 is 0 Å². The number of anilines is 2. The predicted molar refractivity (Wildman–Crippen MR) is 94.3 cm³/mol. The zero-order valence-electron chi connectivity index (χ0n) is 13.3. The van der Waals surface area contributed by atoms with Crippen molar-refractivity contribution in [2.45, 2.75) is 19.3 Å². The van der Waals surface area contributed by atoms with Crippen molar-refractivity contribution in [3.05, 3.63) is 48.4 Å². The number of aromatic nitrogens is 3. The van der Waals surface area contributed by atoms with Crippen molar-refractivity contribution in [3.8, 4) is 0 Å². The number of H-pyrrole nitrogens is 1. The number of benzene rings is 1. The fourth-order valence-corrected chi connectivity index (χ4v) is 3.06. The van der Waals surface area contributed by atoms with Crippen LogP contribution in [0.15, 0.2) is 42.9 Å². The number of fused-ring (bicyclic) bond motifs is 1. The second-order valence-electron chi connectivity index (χ2n) is 6.05. The molecule has 3 heterocycles. The van der Waals surface area contributed by atoms with Crippen molar-refractivity contribution in [3.63, 3.8) is 0 Å². The Kier molecular flexibility index (Phi) is 3.86. The first-order valence-electron chi connectivity index (χ1n) is 8.25.